The molecule has 0 unspecified atom stereocenters. The minimum absolute atomic E-state index is 0.0870. The van der Waals surface area contributed by atoms with E-state index in [0.29, 0.717) is 10.8 Å². The van der Waals surface area contributed by atoms with Gasteiger partial charge in [0.25, 0.3) is 5.69 Å². The van der Waals surface area contributed by atoms with Gasteiger partial charge in [-0.25, -0.2) is 9.59 Å². The Labute approximate surface area is 158 Å². The summed E-state index contributed by atoms with van der Waals surface area (Å²) in [6.45, 7) is 0.0996. The molecular formula is C17H14ClNO6S. The number of benzene rings is 2. The van der Waals surface area contributed by atoms with Crippen molar-refractivity contribution in [2.45, 2.75) is 4.90 Å². The number of nitrogens with zero attached hydrogens (tertiary/aromatic N) is 1. The van der Waals surface area contributed by atoms with Gasteiger partial charge in [-0.05, 0) is 30.3 Å². The van der Waals surface area contributed by atoms with Crippen molar-refractivity contribution in [3.63, 3.8) is 0 Å². The van der Waals surface area contributed by atoms with Gasteiger partial charge in [-0.1, -0.05) is 11.6 Å². The number of carbonyl (C=O) groups excluding carboxylic acids is 2. The lowest BCUT2D eigenvalue weighted by Crippen LogP contribution is -2.11. The third-order valence-electron chi connectivity index (χ3n) is 3.18. The predicted octanol–water partition coefficient (Wildman–Crippen LogP) is 3.98. The highest BCUT2D eigenvalue weighted by Crippen LogP contribution is 2.21. The number of hydrogen-bond donors (Lipinski definition) is 0. The number of esters is 2. The Morgan fingerprint density at radius 3 is 2.31 bits per heavy atom. The minimum atomic E-state index is -0.777. The van der Waals surface area contributed by atoms with Crippen LogP contribution in [0.4, 0.5) is 5.69 Å². The van der Waals surface area contributed by atoms with Gasteiger partial charge in [0.1, 0.15) is 6.61 Å². The SMILES string of the molecule is COC(=O)c1cc(C(=O)OCCSc2ccc(Cl)cc2)cc([N+](=O)[O-])c1. The smallest absolute Gasteiger partial charge is 0.338 e. The first-order valence-corrected chi connectivity index (χ1v) is 8.70. The van der Waals surface area contributed by atoms with Crippen molar-refractivity contribution in [1.29, 1.82) is 0 Å². The van der Waals surface area contributed by atoms with Crippen LogP contribution < -0.4 is 0 Å². The molecule has 0 fully saturated rings. The van der Waals surface area contributed by atoms with Gasteiger partial charge in [0.05, 0.1) is 23.2 Å². The zero-order chi connectivity index (χ0) is 19.1. The molecule has 9 heteroatoms. The van der Waals surface area contributed by atoms with E-state index < -0.39 is 22.5 Å². The van der Waals surface area contributed by atoms with Gasteiger partial charge in [0, 0.05) is 27.8 Å². The second-order valence-electron chi connectivity index (χ2n) is 4.96. The fraction of sp³-hybridized carbons (Fsp3) is 0.176. The summed E-state index contributed by atoms with van der Waals surface area (Å²) in [4.78, 5) is 34.9. The molecule has 2 aromatic carbocycles. The molecule has 0 saturated carbocycles. The molecule has 136 valence electrons. The van der Waals surface area contributed by atoms with Gasteiger partial charge in [-0.15, -0.1) is 11.8 Å². The van der Waals surface area contributed by atoms with Gasteiger partial charge in [0.15, 0.2) is 0 Å². The average Bonchev–Trinajstić information content (AvgIpc) is 2.65. The molecule has 0 N–H and O–H groups in total. The van der Waals surface area contributed by atoms with Crippen molar-refractivity contribution in [1.82, 2.24) is 0 Å². The van der Waals surface area contributed by atoms with Gasteiger partial charge in [-0.3, -0.25) is 10.1 Å². The van der Waals surface area contributed by atoms with Crippen LogP contribution in [0.15, 0.2) is 47.4 Å². The van der Waals surface area contributed by atoms with E-state index in [2.05, 4.69) is 4.74 Å². The molecule has 26 heavy (non-hydrogen) atoms. The topological polar surface area (TPSA) is 95.7 Å². The van der Waals surface area contributed by atoms with Crippen molar-refractivity contribution in [2.75, 3.05) is 19.5 Å². The van der Waals surface area contributed by atoms with Crippen LogP contribution in [0, 0.1) is 10.1 Å². The summed E-state index contributed by atoms with van der Waals surface area (Å²) in [6, 6.07) is 10.5. The zero-order valence-corrected chi connectivity index (χ0v) is 15.2. The predicted molar refractivity (Wildman–Crippen MR) is 96.9 cm³/mol. The third-order valence-corrected chi connectivity index (χ3v) is 4.41. The molecule has 0 aliphatic carbocycles. The first kappa shape index (κ1) is 19.7. The molecule has 7 nitrogen and oxygen atoms in total. The van der Waals surface area contributed by atoms with Crippen LogP contribution in [0.3, 0.4) is 0 Å². The van der Waals surface area contributed by atoms with Gasteiger partial charge in [0.2, 0.25) is 0 Å². The normalized spacial score (nSPS) is 10.2. The fourth-order valence-corrected chi connectivity index (χ4v) is 2.84. The first-order valence-electron chi connectivity index (χ1n) is 7.34. The molecule has 0 radical (unpaired) electrons. The van der Waals surface area contributed by atoms with Crippen LogP contribution in [-0.4, -0.2) is 36.3 Å². The molecule has 0 saturated heterocycles. The van der Waals surface area contributed by atoms with Crippen molar-refractivity contribution >= 4 is 41.0 Å². The summed E-state index contributed by atoms with van der Waals surface area (Å²) < 4.78 is 9.65. The summed E-state index contributed by atoms with van der Waals surface area (Å²) in [6.07, 6.45) is 0. The van der Waals surface area contributed by atoms with Crippen LogP contribution >= 0.6 is 23.4 Å². The van der Waals surface area contributed by atoms with E-state index in [9.17, 15) is 19.7 Å². The Kier molecular flexibility index (Phi) is 6.99. The van der Waals surface area contributed by atoms with E-state index in [-0.39, 0.29) is 17.7 Å². The van der Waals surface area contributed by atoms with Crippen molar-refractivity contribution in [2.24, 2.45) is 0 Å². The monoisotopic (exact) mass is 395 g/mol. The number of halogens is 1. The second kappa shape index (κ2) is 9.21. The Bertz CT molecular complexity index is 825. The van der Waals surface area contributed by atoms with E-state index in [0.717, 1.165) is 24.1 Å². The van der Waals surface area contributed by atoms with E-state index in [1.165, 1.54) is 17.8 Å². The lowest BCUT2D eigenvalue weighted by Gasteiger charge is -2.07. The van der Waals surface area contributed by atoms with Crippen LogP contribution in [-0.2, 0) is 9.47 Å². The summed E-state index contributed by atoms with van der Waals surface area (Å²) in [5, 5.41) is 11.6. The molecular weight excluding hydrogens is 382 g/mol. The Morgan fingerprint density at radius 2 is 1.73 bits per heavy atom. The van der Waals surface area contributed by atoms with E-state index >= 15 is 0 Å². The molecule has 0 aromatic heterocycles. The van der Waals surface area contributed by atoms with Gasteiger partial charge in [-0.2, -0.15) is 0 Å². The first-order chi connectivity index (χ1) is 12.4. The maximum atomic E-state index is 12.1. The number of thioether (sulfide) groups is 1. The maximum absolute atomic E-state index is 12.1. The van der Waals surface area contributed by atoms with Crippen LogP contribution in [0.2, 0.25) is 5.02 Å². The number of hydrogen-bond acceptors (Lipinski definition) is 7. The molecule has 0 spiro atoms. The molecule has 0 atom stereocenters. The minimum Gasteiger partial charge on any atom is -0.465 e. The molecule has 0 amide bonds. The third kappa shape index (κ3) is 5.47. The lowest BCUT2D eigenvalue weighted by atomic mass is 10.1. The van der Waals surface area contributed by atoms with Crippen molar-refractivity contribution in [3.8, 4) is 0 Å². The van der Waals surface area contributed by atoms with Crippen LogP contribution in [0.1, 0.15) is 20.7 Å². The lowest BCUT2D eigenvalue weighted by molar-refractivity contribution is -0.384. The molecule has 0 aliphatic heterocycles. The Balaban J connectivity index is 1.99. The number of carbonyl (C=O) groups is 2. The molecule has 2 rings (SSSR count). The van der Waals surface area contributed by atoms with Gasteiger partial charge >= 0.3 is 11.9 Å². The number of non-ortho nitro benzene ring substituents is 1. The number of rotatable bonds is 7. The zero-order valence-electron chi connectivity index (χ0n) is 13.6. The number of ether oxygens (including phenoxy) is 2. The fourth-order valence-electron chi connectivity index (χ4n) is 1.98. The summed E-state index contributed by atoms with van der Waals surface area (Å²) in [5.74, 6) is -1.04. The highest BCUT2D eigenvalue weighted by molar-refractivity contribution is 7.99. The van der Waals surface area contributed by atoms with Crippen LogP contribution in [0.25, 0.3) is 0 Å². The summed E-state index contributed by atoms with van der Waals surface area (Å²) in [7, 11) is 1.15. The second-order valence-corrected chi connectivity index (χ2v) is 6.56. The quantitative estimate of drug-likeness (QED) is 0.230. The number of methoxy groups -OCH3 is 1. The molecule has 0 aliphatic rings. The van der Waals surface area contributed by atoms with E-state index in [4.69, 9.17) is 16.3 Å². The highest BCUT2D eigenvalue weighted by Gasteiger charge is 2.19. The summed E-state index contributed by atoms with van der Waals surface area (Å²) in [5.41, 5.74) is -0.573. The van der Waals surface area contributed by atoms with Crippen LogP contribution in [0.5, 0.6) is 0 Å². The Morgan fingerprint density at radius 1 is 1.12 bits per heavy atom. The van der Waals surface area contributed by atoms with E-state index in [1.807, 2.05) is 12.1 Å². The Hall–Kier alpha value is -2.58. The van der Waals surface area contributed by atoms with Gasteiger partial charge < -0.3 is 9.47 Å². The number of nitro benzene ring substituents is 1. The molecule has 2 aromatic rings. The number of nitro groups is 1. The standard InChI is InChI=1S/C17H14ClNO6S/c1-24-16(20)11-8-12(10-14(9-11)19(22)23)17(21)25-6-7-26-15-4-2-13(18)3-5-15/h2-5,8-10H,6-7H2,1H3. The van der Waals surface area contributed by atoms with E-state index in [1.54, 1.807) is 12.1 Å². The average molecular weight is 396 g/mol. The maximum Gasteiger partial charge on any atom is 0.338 e. The molecule has 0 bridgehead atoms. The highest BCUT2D eigenvalue weighted by atomic mass is 35.5. The molecule has 0 heterocycles. The summed E-state index contributed by atoms with van der Waals surface area (Å²) >= 11 is 7.27. The van der Waals surface area contributed by atoms with Crippen molar-refractivity contribution < 1.29 is 24.0 Å². The largest absolute Gasteiger partial charge is 0.465 e. The van der Waals surface area contributed by atoms with Crippen molar-refractivity contribution in [3.05, 3.63) is 68.7 Å².